The molecule has 3 aromatic rings. The fraction of sp³-hybridized carbons (Fsp3) is 0.100. The first-order valence-corrected chi connectivity index (χ1v) is 7.66. The number of carbonyl (C=O) groups is 2. The fourth-order valence-electron chi connectivity index (χ4n) is 2.38. The fourth-order valence-corrected chi connectivity index (χ4v) is 2.38. The smallest absolute Gasteiger partial charge is 0.374 e. The van der Waals surface area contributed by atoms with Gasteiger partial charge in [0, 0.05) is 5.56 Å². The number of ether oxygens (including phenoxy) is 2. The van der Waals surface area contributed by atoms with Crippen LogP contribution in [-0.2, 0) is 16.1 Å². The van der Waals surface area contributed by atoms with E-state index < -0.39 is 11.9 Å². The molecule has 0 aliphatic heterocycles. The molecular formula is C20H16O5. The van der Waals surface area contributed by atoms with Gasteiger partial charge >= 0.3 is 11.9 Å². The summed E-state index contributed by atoms with van der Waals surface area (Å²) < 4.78 is 14.9. The summed E-state index contributed by atoms with van der Waals surface area (Å²) in [6, 6.07) is 18.6. The van der Waals surface area contributed by atoms with Crippen molar-refractivity contribution < 1.29 is 23.5 Å². The van der Waals surface area contributed by atoms with Crippen molar-refractivity contribution in [1.82, 2.24) is 0 Å². The monoisotopic (exact) mass is 336 g/mol. The van der Waals surface area contributed by atoms with Crippen LogP contribution in [0.4, 0.5) is 0 Å². The van der Waals surface area contributed by atoms with Gasteiger partial charge in [0.05, 0.1) is 18.9 Å². The highest BCUT2D eigenvalue weighted by atomic mass is 16.5. The molecule has 1 heterocycles. The molecule has 0 saturated carbocycles. The van der Waals surface area contributed by atoms with E-state index in [1.807, 2.05) is 42.5 Å². The summed E-state index contributed by atoms with van der Waals surface area (Å²) in [4.78, 5) is 23.7. The predicted octanol–water partition coefficient (Wildman–Crippen LogP) is 4.09. The zero-order valence-corrected chi connectivity index (χ0v) is 13.6. The molecule has 1 aromatic heterocycles. The van der Waals surface area contributed by atoms with E-state index in [0.717, 1.165) is 11.1 Å². The molecule has 25 heavy (non-hydrogen) atoms. The number of esters is 2. The van der Waals surface area contributed by atoms with Crippen LogP contribution in [0.1, 0.15) is 26.5 Å². The van der Waals surface area contributed by atoms with E-state index in [-0.39, 0.29) is 12.4 Å². The van der Waals surface area contributed by atoms with Gasteiger partial charge in [0.15, 0.2) is 0 Å². The summed E-state index contributed by atoms with van der Waals surface area (Å²) in [5, 5.41) is 0. The number of benzene rings is 2. The number of hydrogen-bond donors (Lipinski definition) is 0. The molecule has 0 unspecified atom stereocenters. The number of hydrogen-bond acceptors (Lipinski definition) is 5. The van der Waals surface area contributed by atoms with Crippen molar-refractivity contribution in [1.29, 1.82) is 0 Å². The van der Waals surface area contributed by atoms with Crippen molar-refractivity contribution in [3.63, 3.8) is 0 Å². The maximum atomic E-state index is 12.2. The Balaban J connectivity index is 1.66. The van der Waals surface area contributed by atoms with Gasteiger partial charge in [0.2, 0.25) is 5.76 Å². The van der Waals surface area contributed by atoms with E-state index in [4.69, 9.17) is 9.15 Å². The van der Waals surface area contributed by atoms with Crippen LogP contribution in [-0.4, -0.2) is 19.0 Å². The number of methoxy groups -OCH3 is 1. The molecule has 0 aliphatic carbocycles. The third kappa shape index (κ3) is 3.77. The van der Waals surface area contributed by atoms with Crippen molar-refractivity contribution >= 4 is 11.9 Å². The maximum Gasteiger partial charge on any atom is 0.374 e. The Kier molecular flexibility index (Phi) is 4.95. The Bertz CT molecular complexity index is 863. The molecule has 5 heteroatoms. The first-order chi connectivity index (χ1) is 12.2. The van der Waals surface area contributed by atoms with Crippen molar-refractivity contribution in [3.05, 3.63) is 83.8 Å². The minimum absolute atomic E-state index is 0.0368. The lowest BCUT2D eigenvalue weighted by atomic mass is 10.0. The second-order valence-electron chi connectivity index (χ2n) is 5.29. The second-order valence-corrected chi connectivity index (χ2v) is 5.29. The summed E-state index contributed by atoms with van der Waals surface area (Å²) >= 11 is 0. The quantitative estimate of drug-likeness (QED) is 0.657. The zero-order chi connectivity index (χ0) is 17.6. The largest absolute Gasteiger partial charge is 0.463 e. The lowest BCUT2D eigenvalue weighted by Gasteiger charge is -2.06. The highest BCUT2D eigenvalue weighted by Crippen LogP contribution is 2.20. The molecule has 5 nitrogen and oxygen atoms in total. The third-order valence-electron chi connectivity index (χ3n) is 3.70. The first-order valence-electron chi connectivity index (χ1n) is 7.66. The molecule has 0 amide bonds. The van der Waals surface area contributed by atoms with E-state index >= 15 is 0 Å². The van der Waals surface area contributed by atoms with Crippen molar-refractivity contribution in [2.45, 2.75) is 6.61 Å². The van der Waals surface area contributed by atoms with E-state index in [0.29, 0.717) is 11.1 Å². The minimum atomic E-state index is -0.608. The van der Waals surface area contributed by atoms with E-state index in [1.165, 1.54) is 13.4 Å². The average Bonchev–Trinajstić information content (AvgIpc) is 3.15. The summed E-state index contributed by atoms with van der Waals surface area (Å²) in [6.45, 7) is -0.0692. The zero-order valence-electron chi connectivity index (χ0n) is 13.6. The summed E-state index contributed by atoms with van der Waals surface area (Å²) in [5.41, 5.74) is 2.98. The normalized spacial score (nSPS) is 10.3. The van der Waals surface area contributed by atoms with Crippen LogP contribution in [0, 0.1) is 0 Å². The summed E-state index contributed by atoms with van der Waals surface area (Å²) in [6.07, 6.45) is 1.35. The third-order valence-corrected chi connectivity index (χ3v) is 3.70. The SMILES string of the molecule is COC(=O)c1occc1COC(=O)c1ccc(-c2ccccc2)cc1. The number of rotatable bonds is 5. The Hall–Kier alpha value is -3.34. The average molecular weight is 336 g/mol. The highest BCUT2D eigenvalue weighted by Gasteiger charge is 2.17. The maximum absolute atomic E-state index is 12.2. The van der Waals surface area contributed by atoms with Gasteiger partial charge in [0.1, 0.15) is 6.61 Å². The second kappa shape index (κ2) is 7.49. The van der Waals surface area contributed by atoms with Gasteiger partial charge in [-0.05, 0) is 29.3 Å². The lowest BCUT2D eigenvalue weighted by Crippen LogP contribution is -2.08. The van der Waals surface area contributed by atoms with Gasteiger partial charge in [-0.3, -0.25) is 0 Å². The molecule has 2 aromatic carbocycles. The van der Waals surface area contributed by atoms with Crippen LogP contribution < -0.4 is 0 Å². The van der Waals surface area contributed by atoms with E-state index in [2.05, 4.69) is 4.74 Å². The Morgan fingerprint density at radius 3 is 2.24 bits per heavy atom. The molecule has 0 N–H and O–H groups in total. The molecule has 0 spiro atoms. The number of carbonyl (C=O) groups excluding carboxylic acids is 2. The van der Waals surface area contributed by atoms with Crippen LogP contribution >= 0.6 is 0 Å². The Morgan fingerprint density at radius 1 is 0.880 bits per heavy atom. The van der Waals surface area contributed by atoms with Gasteiger partial charge < -0.3 is 13.9 Å². The van der Waals surface area contributed by atoms with Gasteiger partial charge in [-0.2, -0.15) is 0 Å². The molecular weight excluding hydrogens is 320 g/mol. The predicted molar refractivity (Wildman–Crippen MR) is 91.0 cm³/mol. The van der Waals surface area contributed by atoms with Crippen LogP contribution in [0.25, 0.3) is 11.1 Å². The van der Waals surface area contributed by atoms with Crippen LogP contribution in [0.3, 0.4) is 0 Å². The van der Waals surface area contributed by atoms with Crippen molar-refractivity contribution in [3.8, 4) is 11.1 Å². The molecule has 0 fully saturated rings. The Morgan fingerprint density at radius 2 is 1.56 bits per heavy atom. The van der Waals surface area contributed by atoms with E-state index in [1.54, 1.807) is 18.2 Å². The summed E-state index contributed by atoms with van der Waals surface area (Å²) in [5.74, 6) is -1.05. The van der Waals surface area contributed by atoms with Gasteiger partial charge in [0.25, 0.3) is 0 Å². The molecule has 0 saturated heterocycles. The standard InChI is InChI=1S/C20H16O5/c1-23-20(22)18-17(11-12-24-18)13-25-19(21)16-9-7-15(8-10-16)14-5-3-2-4-6-14/h2-12H,13H2,1H3. The molecule has 126 valence electrons. The highest BCUT2D eigenvalue weighted by molar-refractivity contribution is 5.90. The van der Waals surface area contributed by atoms with Gasteiger partial charge in [-0.1, -0.05) is 42.5 Å². The number of furan rings is 1. The van der Waals surface area contributed by atoms with Crippen molar-refractivity contribution in [2.24, 2.45) is 0 Å². The molecule has 0 atom stereocenters. The molecule has 0 radical (unpaired) electrons. The minimum Gasteiger partial charge on any atom is -0.463 e. The topological polar surface area (TPSA) is 65.7 Å². The van der Waals surface area contributed by atoms with E-state index in [9.17, 15) is 9.59 Å². The molecule has 3 rings (SSSR count). The molecule has 0 bridgehead atoms. The van der Waals surface area contributed by atoms with Crippen LogP contribution in [0.5, 0.6) is 0 Å². The summed E-state index contributed by atoms with van der Waals surface area (Å²) in [7, 11) is 1.26. The first kappa shape index (κ1) is 16.5. The van der Waals surface area contributed by atoms with Crippen molar-refractivity contribution in [2.75, 3.05) is 7.11 Å². The van der Waals surface area contributed by atoms with Gasteiger partial charge in [-0.25, -0.2) is 9.59 Å². The van der Waals surface area contributed by atoms with Crippen LogP contribution in [0.15, 0.2) is 71.3 Å². The molecule has 0 aliphatic rings. The Labute approximate surface area is 144 Å². The van der Waals surface area contributed by atoms with Crippen LogP contribution in [0.2, 0.25) is 0 Å². The lowest BCUT2D eigenvalue weighted by molar-refractivity contribution is 0.0453. The van der Waals surface area contributed by atoms with Gasteiger partial charge in [-0.15, -0.1) is 0 Å².